The second-order valence-corrected chi connectivity index (χ2v) is 4.96. The maximum absolute atomic E-state index is 10.9. The zero-order valence-corrected chi connectivity index (χ0v) is 10.6. The first-order valence-electron chi connectivity index (χ1n) is 5.62. The average molecular weight is 236 g/mol. The third-order valence-corrected chi connectivity index (χ3v) is 2.69. The van der Waals surface area contributed by atoms with Crippen molar-refractivity contribution in [1.29, 1.82) is 0 Å². The van der Waals surface area contributed by atoms with E-state index >= 15 is 0 Å². The molecular formula is C13H20N2O2. The van der Waals surface area contributed by atoms with Crippen LogP contribution in [0.15, 0.2) is 18.2 Å². The molecule has 0 radical (unpaired) electrons. The standard InChI is InChI=1S/C13H20N2O2/c1-9-5-4-6-10(12(9)17)8-15-13(2,3)7-11(14)16/h4-6,15,17H,7-8H2,1-3H3,(H2,14,16). The normalized spacial score (nSPS) is 11.5. The summed E-state index contributed by atoms with van der Waals surface area (Å²) in [6.45, 7) is 6.18. The highest BCUT2D eigenvalue weighted by atomic mass is 16.3. The van der Waals surface area contributed by atoms with Crippen LogP contribution in [-0.4, -0.2) is 16.6 Å². The molecule has 0 aliphatic rings. The summed E-state index contributed by atoms with van der Waals surface area (Å²) < 4.78 is 0. The van der Waals surface area contributed by atoms with Crippen molar-refractivity contribution in [2.75, 3.05) is 0 Å². The van der Waals surface area contributed by atoms with Crippen LogP contribution in [0.2, 0.25) is 0 Å². The summed E-state index contributed by atoms with van der Waals surface area (Å²) in [5, 5.41) is 13.1. The zero-order valence-electron chi connectivity index (χ0n) is 10.6. The van der Waals surface area contributed by atoms with Gasteiger partial charge in [0.2, 0.25) is 5.91 Å². The van der Waals surface area contributed by atoms with Gasteiger partial charge in [-0.15, -0.1) is 0 Å². The molecular weight excluding hydrogens is 216 g/mol. The number of amides is 1. The molecule has 0 aliphatic carbocycles. The van der Waals surface area contributed by atoms with Crippen molar-refractivity contribution in [2.45, 2.75) is 39.3 Å². The summed E-state index contributed by atoms with van der Waals surface area (Å²) in [7, 11) is 0. The summed E-state index contributed by atoms with van der Waals surface area (Å²) >= 11 is 0. The number of phenolic OH excluding ortho intramolecular Hbond substituents is 1. The molecule has 4 N–H and O–H groups in total. The zero-order chi connectivity index (χ0) is 13.1. The fraction of sp³-hybridized carbons (Fsp3) is 0.462. The Hall–Kier alpha value is -1.55. The SMILES string of the molecule is Cc1cccc(CNC(C)(C)CC(N)=O)c1O. The van der Waals surface area contributed by atoms with Crippen molar-refractivity contribution in [2.24, 2.45) is 5.73 Å². The monoisotopic (exact) mass is 236 g/mol. The summed E-state index contributed by atoms with van der Waals surface area (Å²) in [6.07, 6.45) is 0.263. The topological polar surface area (TPSA) is 75.3 Å². The number of carbonyl (C=O) groups is 1. The van der Waals surface area contributed by atoms with Gasteiger partial charge in [-0.2, -0.15) is 0 Å². The van der Waals surface area contributed by atoms with E-state index in [0.29, 0.717) is 12.3 Å². The molecule has 17 heavy (non-hydrogen) atoms. The van der Waals surface area contributed by atoms with Crippen LogP contribution >= 0.6 is 0 Å². The number of primary amides is 1. The number of nitrogens with one attached hydrogen (secondary N) is 1. The number of nitrogens with two attached hydrogens (primary N) is 1. The molecule has 4 nitrogen and oxygen atoms in total. The van der Waals surface area contributed by atoms with Gasteiger partial charge in [-0.05, 0) is 26.3 Å². The second-order valence-electron chi connectivity index (χ2n) is 4.96. The van der Waals surface area contributed by atoms with Crippen LogP contribution in [0.3, 0.4) is 0 Å². The summed E-state index contributed by atoms with van der Waals surface area (Å²) in [6, 6.07) is 5.61. The first-order valence-corrected chi connectivity index (χ1v) is 5.62. The fourth-order valence-electron chi connectivity index (χ4n) is 1.69. The number of hydrogen-bond acceptors (Lipinski definition) is 3. The minimum absolute atomic E-state index is 0.263. The van der Waals surface area contributed by atoms with Crippen molar-refractivity contribution < 1.29 is 9.90 Å². The molecule has 0 unspecified atom stereocenters. The van der Waals surface area contributed by atoms with Crippen molar-refractivity contribution in [3.05, 3.63) is 29.3 Å². The van der Waals surface area contributed by atoms with Crippen LogP contribution < -0.4 is 11.1 Å². The van der Waals surface area contributed by atoms with Gasteiger partial charge in [0, 0.05) is 24.1 Å². The maximum Gasteiger partial charge on any atom is 0.219 e. The van der Waals surface area contributed by atoms with Crippen LogP contribution in [0, 0.1) is 6.92 Å². The van der Waals surface area contributed by atoms with Crippen molar-refractivity contribution in [3.8, 4) is 5.75 Å². The molecule has 1 amide bonds. The molecule has 4 heteroatoms. The highest BCUT2D eigenvalue weighted by molar-refractivity contribution is 5.75. The van der Waals surface area contributed by atoms with E-state index in [0.717, 1.165) is 11.1 Å². The lowest BCUT2D eigenvalue weighted by atomic mass is 9.99. The number of phenols is 1. The van der Waals surface area contributed by atoms with Crippen LogP contribution in [0.5, 0.6) is 5.75 Å². The lowest BCUT2D eigenvalue weighted by molar-refractivity contribution is -0.119. The van der Waals surface area contributed by atoms with E-state index in [9.17, 15) is 9.90 Å². The Kier molecular flexibility index (Phi) is 4.12. The fourth-order valence-corrected chi connectivity index (χ4v) is 1.69. The predicted octanol–water partition coefficient (Wildman–Crippen LogP) is 1.44. The van der Waals surface area contributed by atoms with Gasteiger partial charge in [0.15, 0.2) is 0 Å². The minimum atomic E-state index is -0.373. The Balaban J connectivity index is 2.67. The molecule has 0 atom stereocenters. The molecule has 0 fully saturated rings. The molecule has 1 aromatic carbocycles. The van der Waals surface area contributed by atoms with E-state index in [1.165, 1.54) is 0 Å². The Morgan fingerprint density at radius 2 is 2.12 bits per heavy atom. The van der Waals surface area contributed by atoms with Crippen LogP contribution in [0.1, 0.15) is 31.4 Å². The Morgan fingerprint density at radius 1 is 1.47 bits per heavy atom. The van der Waals surface area contributed by atoms with Gasteiger partial charge in [0.25, 0.3) is 0 Å². The van der Waals surface area contributed by atoms with Crippen LogP contribution in [0.4, 0.5) is 0 Å². The highest BCUT2D eigenvalue weighted by Gasteiger charge is 2.20. The number of rotatable bonds is 5. The Labute approximate surface area is 102 Å². The lowest BCUT2D eigenvalue weighted by Gasteiger charge is -2.25. The quantitative estimate of drug-likeness (QED) is 0.724. The van der Waals surface area contributed by atoms with Gasteiger partial charge in [-0.1, -0.05) is 18.2 Å². The first kappa shape index (κ1) is 13.5. The molecule has 1 rings (SSSR count). The van der Waals surface area contributed by atoms with Crippen LogP contribution in [0.25, 0.3) is 0 Å². The van der Waals surface area contributed by atoms with E-state index in [4.69, 9.17) is 5.73 Å². The van der Waals surface area contributed by atoms with E-state index in [1.807, 2.05) is 39.0 Å². The van der Waals surface area contributed by atoms with Gasteiger partial charge in [-0.25, -0.2) is 0 Å². The number of benzene rings is 1. The molecule has 0 aromatic heterocycles. The molecule has 1 aromatic rings. The van der Waals surface area contributed by atoms with Gasteiger partial charge in [0.05, 0.1) is 0 Å². The van der Waals surface area contributed by atoms with Crippen molar-refractivity contribution in [3.63, 3.8) is 0 Å². The van der Waals surface area contributed by atoms with Gasteiger partial charge in [0.1, 0.15) is 5.75 Å². The first-order chi connectivity index (χ1) is 7.82. The van der Waals surface area contributed by atoms with Gasteiger partial charge in [-0.3, -0.25) is 4.79 Å². The van der Waals surface area contributed by atoms with Gasteiger partial charge >= 0.3 is 0 Å². The molecule has 0 aliphatic heterocycles. The number of aryl methyl sites for hydroxylation is 1. The summed E-state index contributed by atoms with van der Waals surface area (Å²) in [5.41, 5.74) is 6.47. The minimum Gasteiger partial charge on any atom is -0.507 e. The number of aromatic hydroxyl groups is 1. The largest absolute Gasteiger partial charge is 0.507 e. The number of para-hydroxylation sites is 1. The van der Waals surface area contributed by atoms with Gasteiger partial charge < -0.3 is 16.2 Å². The molecule has 0 heterocycles. The van der Waals surface area contributed by atoms with Crippen molar-refractivity contribution >= 4 is 5.91 Å². The second kappa shape index (κ2) is 5.19. The highest BCUT2D eigenvalue weighted by Crippen LogP contribution is 2.22. The maximum atomic E-state index is 10.9. The third kappa shape index (κ3) is 4.07. The van der Waals surface area contributed by atoms with Crippen molar-refractivity contribution in [1.82, 2.24) is 5.32 Å². The number of carbonyl (C=O) groups excluding carboxylic acids is 1. The molecule has 94 valence electrons. The molecule has 0 bridgehead atoms. The van der Waals surface area contributed by atoms with Crippen LogP contribution in [-0.2, 0) is 11.3 Å². The molecule has 0 spiro atoms. The summed E-state index contributed by atoms with van der Waals surface area (Å²) in [4.78, 5) is 10.9. The van der Waals surface area contributed by atoms with E-state index in [1.54, 1.807) is 0 Å². The smallest absolute Gasteiger partial charge is 0.219 e. The van der Waals surface area contributed by atoms with E-state index in [-0.39, 0.29) is 17.9 Å². The average Bonchev–Trinajstić information content (AvgIpc) is 2.18. The van der Waals surface area contributed by atoms with E-state index in [2.05, 4.69) is 5.32 Å². The summed E-state index contributed by atoms with van der Waals surface area (Å²) in [5.74, 6) is -0.0363. The Bertz CT molecular complexity index is 414. The number of hydrogen-bond donors (Lipinski definition) is 3. The predicted molar refractivity (Wildman–Crippen MR) is 67.6 cm³/mol. The Morgan fingerprint density at radius 3 is 2.71 bits per heavy atom. The lowest BCUT2D eigenvalue weighted by Crippen LogP contribution is -2.42. The molecule has 0 saturated heterocycles. The van der Waals surface area contributed by atoms with E-state index < -0.39 is 0 Å². The third-order valence-electron chi connectivity index (χ3n) is 2.69. The molecule has 0 saturated carbocycles.